The van der Waals surface area contributed by atoms with Crippen molar-refractivity contribution in [3.8, 4) is 5.75 Å². The van der Waals surface area contributed by atoms with Crippen molar-refractivity contribution >= 4 is 11.4 Å². The van der Waals surface area contributed by atoms with Gasteiger partial charge in [-0.2, -0.15) is 0 Å². The lowest BCUT2D eigenvalue weighted by atomic mass is 10.1. The number of methoxy groups -OCH3 is 1. The Hall–Kier alpha value is -2.23. The third-order valence-corrected chi connectivity index (χ3v) is 2.93. The van der Waals surface area contributed by atoms with Crippen molar-refractivity contribution in [2.45, 2.75) is 13.5 Å². The number of anilines is 2. The van der Waals surface area contributed by atoms with E-state index in [0.29, 0.717) is 17.9 Å². The molecule has 0 heterocycles. The first-order valence-corrected chi connectivity index (χ1v) is 6.02. The molecule has 0 aliphatic rings. The smallest absolute Gasteiger partial charge is 0.167 e. The highest BCUT2D eigenvalue weighted by molar-refractivity contribution is 5.68. The summed E-state index contributed by atoms with van der Waals surface area (Å²) in [5.41, 5.74) is 9.15. The number of nitrogen functional groups attached to an aromatic ring is 1. The molecule has 0 fully saturated rings. The van der Waals surface area contributed by atoms with Crippen LogP contribution in [0.3, 0.4) is 0 Å². The van der Waals surface area contributed by atoms with Crippen LogP contribution in [0.4, 0.5) is 15.8 Å². The summed E-state index contributed by atoms with van der Waals surface area (Å²) < 4.78 is 18.3. The summed E-state index contributed by atoms with van der Waals surface area (Å²) in [5.74, 6) is -0.276. The summed E-state index contributed by atoms with van der Waals surface area (Å²) in [4.78, 5) is 0. The van der Waals surface area contributed by atoms with E-state index in [1.165, 1.54) is 18.7 Å². The van der Waals surface area contributed by atoms with E-state index in [0.717, 1.165) is 5.56 Å². The predicted octanol–water partition coefficient (Wildman–Crippen LogP) is 3.34. The lowest BCUT2D eigenvalue weighted by Crippen LogP contribution is -2.04. The number of nitrogens with two attached hydrogens (primary N) is 1. The van der Waals surface area contributed by atoms with Gasteiger partial charge in [0.05, 0.1) is 18.5 Å². The van der Waals surface area contributed by atoms with Gasteiger partial charge in [-0.1, -0.05) is 29.8 Å². The Balaban J connectivity index is 2.13. The van der Waals surface area contributed by atoms with Crippen LogP contribution in [0.25, 0.3) is 0 Å². The molecule has 3 N–H and O–H groups in total. The summed E-state index contributed by atoms with van der Waals surface area (Å²) >= 11 is 0. The average Bonchev–Trinajstić information content (AvgIpc) is 2.40. The monoisotopic (exact) mass is 260 g/mol. The SMILES string of the molecule is COc1cc(NCc2ccc(C)cc2)c(N)cc1F. The first kappa shape index (κ1) is 13.2. The quantitative estimate of drug-likeness (QED) is 0.829. The van der Waals surface area contributed by atoms with Gasteiger partial charge in [0.15, 0.2) is 11.6 Å². The molecule has 2 aromatic rings. The van der Waals surface area contributed by atoms with Crippen LogP contribution in [0.2, 0.25) is 0 Å². The van der Waals surface area contributed by atoms with Crippen molar-refractivity contribution in [2.24, 2.45) is 0 Å². The van der Waals surface area contributed by atoms with E-state index in [9.17, 15) is 4.39 Å². The highest BCUT2D eigenvalue weighted by Gasteiger charge is 2.08. The number of hydrogen-bond donors (Lipinski definition) is 2. The van der Waals surface area contributed by atoms with Gasteiger partial charge in [0.2, 0.25) is 0 Å². The summed E-state index contributed by atoms with van der Waals surface area (Å²) in [7, 11) is 1.43. The van der Waals surface area contributed by atoms with Crippen LogP contribution in [0.5, 0.6) is 5.75 Å². The van der Waals surface area contributed by atoms with Gasteiger partial charge in [-0.15, -0.1) is 0 Å². The zero-order chi connectivity index (χ0) is 13.8. The van der Waals surface area contributed by atoms with Crippen molar-refractivity contribution in [1.29, 1.82) is 0 Å². The van der Waals surface area contributed by atoms with Crippen molar-refractivity contribution in [3.05, 3.63) is 53.3 Å². The van der Waals surface area contributed by atoms with Crippen molar-refractivity contribution < 1.29 is 9.13 Å². The number of hydrogen-bond acceptors (Lipinski definition) is 3. The molecular weight excluding hydrogens is 243 g/mol. The van der Waals surface area contributed by atoms with E-state index < -0.39 is 5.82 Å². The molecule has 2 aromatic carbocycles. The number of rotatable bonds is 4. The average molecular weight is 260 g/mol. The van der Waals surface area contributed by atoms with Crippen LogP contribution in [-0.2, 0) is 6.54 Å². The third-order valence-electron chi connectivity index (χ3n) is 2.93. The van der Waals surface area contributed by atoms with Crippen molar-refractivity contribution in [3.63, 3.8) is 0 Å². The third kappa shape index (κ3) is 3.16. The fourth-order valence-corrected chi connectivity index (χ4v) is 1.78. The van der Waals surface area contributed by atoms with Crippen LogP contribution in [0.1, 0.15) is 11.1 Å². The second kappa shape index (κ2) is 5.61. The minimum atomic E-state index is -0.458. The van der Waals surface area contributed by atoms with E-state index in [1.807, 2.05) is 31.2 Å². The van der Waals surface area contributed by atoms with Gasteiger partial charge in [-0.05, 0) is 12.5 Å². The molecule has 0 aromatic heterocycles. The Labute approximate surface area is 112 Å². The molecule has 19 heavy (non-hydrogen) atoms. The van der Waals surface area contributed by atoms with E-state index in [1.54, 1.807) is 6.07 Å². The van der Waals surface area contributed by atoms with Gasteiger partial charge in [0.25, 0.3) is 0 Å². The van der Waals surface area contributed by atoms with Crippen LogP contribution < -0.4 is 15.8 Å². The summed E-state index contributed by atoms with van der Waals surface area (Å²) in [6, 6.07) is 11.0. The van der Waals surface area contributed by atoms with Crippen molar-refractivity contribution in [1.82, 2.24) is 0 Å². The fraction of sp³-hybridized carbons (Fsp3) is 0.200. The Morgan fingerprint density at radius 2 is 1.89 bits per heavy atom. The van der Waals surface area contributed by atoms with Crippen LogP contribution in [-0.4, -0.2) is 7.11 Å². The van der Waals surface area contributed by atoms with Gasteiger partial charge in [0.1, 0.15) is 0 Å². The molecule has 0 amide bonds. The maximum absolute atomic E-state index is 13.4. The molecule has 0 spiro atoms. The molecule has 0 aliphatic carbocycles. The van der Waals surface area contributed by atoms with Gasteiger partial charge >= 0.3 is 0 Å². The van der Waals surface area contributed by atoms with Gasteiger partial charge in [-0.25, -0.2) is 4.39 Å². The first-order chi connectivity index (χ1) is 9.10. The molecular formula is C15H17FN2O. The van der Waals surface area contributed by atoms with Crippen LogP contribution in [0, 0.1) is 12.7 Å². The van der Waals surface area contributed by atoms with E-state index in [4.69, 9.17) is 10.5 Å². The predicted molar refractivity (Wildman–Crippen MR) is 75.9 cm³/mol. The van der Waals surface area contributed by atoms with E-state index >= 15 is 0 Å². The summed E-state index contributed by atoms with van der Waals surface area (Å²) in [6.45, 7) is 2.67. The molecule has 100 valence electrons. The second-order valence-electron chi connectivity index (χ2n) is 4.41. The molecule has 3 nitrogen and oxygen atoms in total. The molecule has 0 saturated carbocycles. The lowest BCUT2D eigenvalue weighted by molar-refractivity contribution is 0.387. The standard InChI is InChI=1S/C15H17FN2O/c1-10-3-5-11(6-4-10)9-18-14-8-15(19-2)12(16)7-13(14)17/h3-8,18H,9,17H2,1-2H3. The van der Waals surface area contributed by atoms with E-state index in [-0.39, 0.29) is 5.75 Å². The highest BCUT2D eigenvalue weighted by Crippen LogP contribution is 2.28. The minimum absolute atomic E-state index is 0.181. The molecule has 4 heteroatoms. The molecule has 2 rings (SSSR count). The van der Waals surface area contributed by atoms with E-state index in [2.05, 4.69) is 5.32 Å². The fourth-order valence-electron chi connectivity index (χ4n) is 1.78. The minimum Gasteiger partial charge on any atom is -0.494 e. The lowest BCUT2D eigenvalue weighted by Gasteiger charge is -2.12. The molecule has 0 radical (unpaired) electrons. The maximum atomic E-state index is 13.4. The zero-order valence-electron chi connectivity index (χ0n) is 11.0. The first-order valence-electron chi connectivity index (χ1n) is 6.02. The normalized spacial score (nSPS) is 10.3. The Kier molecular flexibility index (Phi) is 3.90. The molecule has 0 saturated heterocycles. The second-order valence-corrected chi connectivity index (χ2v) is 4.41. The number of aryl methyl sites for hydroxylation is 1. The maximum Gasteiger partial charge on any atom is 0.167 e. The van der Waals surface area contributed by atoms with Gasteiger partial charge < -0.3 is 15.8 Å². The largest absolute Gasteiger partial charge is 0.494 e. The Morgan fingerprint density at radius 3 is 2.53 bits per heavy atom. The van der Waals surface area contributed by atoms with Gasteiger partial charge in [-0.3, -0.25) is 0 Å². The summed E-state index contributed by atoms with van der Waals surface area (Å²) in [5, 5.41) is 3.18. The molecule has 0 unspecified atom stereocenters. The van der Waals surface area contributed by atoms with Crippen LogP contribution >= 0.6 is 0 Å². The summed E-state index contributed by atoms with van der Waals surface area (Å²) in [6.07, 6.45) is 0. The highest BCUT2D eigenvalue weighted by atomic mass is 19.1. The molecule has 0 atom stereocenters. The van der Waals surface area contributed by atoms with Crippen LogP contribution in [0.15, 0.2) is 36.4 Å². The number of halogens is 1. The zero-order valence-corrected chi connectivity index (χ0v) is 11.0. The number of benzene rings is 2. The molecule has 0 bridgehead atoms. The topological polar surface area (TPSA) is 47.3 Å². The van der Waals surface area contributed by atoms with Gasteiger partial charge in [0, 0.05) is 18.7 Å². The number of nitrogens with one attached hydrogen (secondary N) is 1. The number of ether oxygens (including phenoxy) is 1. The Bertz CT molecular complexity index is 567. The van der Waals surface area contributed by atoms with Crippen molar-refractivity contribution in [2.75, 3.05) is 18.2 Å². The molecule has 0 aliphatic heterocycles. The Morgan fingerprint density at radius 1 is 1.21 bits per heavy atom.